The fourth-order valence-electron chi connectivity index (χ4n) is 2.46. The van der Waals surface area contributed by atoms with Gasteiger partial charge in [0.05, 0.1) is 5.39 Å². The van der Waals surface area contributed by atoms with Crippen LogP contribution in [-0.2, 0) is 11.2 Å². The quantitative estimate of drug-likeness (QED) is 0.854. The molecule has 0 aliphatic carbocycles. The second-order valence-corrected chi connectivity index (χ2v) is 6.52. The van der Waals surface area contributed by atoms with Gasteiger partial charge in [-0.25, -0.2) is 9.97 Å². The predicted molar refractivity (Wildman–Crippen MR) is 83.8 cm³/mol. The molecule has 1 fully saturated rings. The molecular formula is C14H18ClN3OS. The van der Waals surface area contributed by atoms with E-state index in [0.29, 0.717) is 11.2 Å². The average Bonchev–Trinajstić information content (AvgIpc) is 3.06. The summed E-state index contributed by atoms with van der Waals surface area (Å²) in [4.78, 5) is 10.9. The summed E-state index contributed by atoms with van der Waals surface area (Å²) in [5, 5.41) is 4.80. The van der Waals surface area contributed by atoms with Crippen LogP contribution >= 0.6 is 22.9 Å². The highest BCUT2D eigenvalue weighted by Crippen LogP contribution is 2.30. The molecule has 2 aromatic rings. The maximum absolute atomic E-state index is 6.01. The van der Waals surface area contributed by atoms with Gasteiger partial charge in [0.15, 0.2) is 0 Å². The molecule has 3 rings (SSSR count). The van der Waals surface area contributed by atoms with Crippen LogP contribution in [-0.4, -0.2) is 29.7 Å². The number of aryl methyl sites for hydroxylation is 1. The number of fused-ring (bicyclic) bond motifs is 1. The highest BCUT2D eigenvalue weighted by Gasteiger charge is 2.16. The van der Waals surface area contributed by atoms with Crippen molar-refractivity contribution < 1.29 is 4.74 Å². The number of nitrogens with one attached hydrogen (secondary N) is 1. The van der Waals surface area contributed by atoms with Crippen LogP contribution in [0.3, 0.4) is 0 Å². The lowest BCUT2D eigenvalue weighted by Crippen LogP contribution is -2.10. The summed E-state index contributed by atoms with van der Waals surface area (Å²) < 4.78 is 5.39. The summed E-state index contributed by atoms with van der Waals surface area (Å²) in [7, 11) is 0. The second kappa shape index (κ2) is 6.24. The van der Waals surface area contributed by atoms with Crippen molar-refractivity contribution >= 4 is 39.0 Å². The van der Waals surface area contributed by atoms with Crippen molar-refractivity contribution in [1.29, 1.82) is 0 Å². The van der Waals surface area contributed by atoms with Crippen molar-refractivity contribution in [2.45, 2.75) is 26.2 Å². The molecule has 2 aromatic heterocycles. The molecule has 4 nitrogen and oxygen atoms in total. The molecule has 1 atom stereocenters. The number of anilines is 1. The van der Waals surface area contributed by atoms with Gasteiger partial charge >= 0.3 is 0 Å². The Morgan fingerprint density at radius 3 is 3.15 bits per heavy atom. The zero-order valence-electron chi connectivity index (χ0n) is 11.5. The fraction of sp³-hybridized carbons (Fsp3) is 0.571. The Labute approximate surface area is 127 Å². The topological polar surface area (TPSA) is 47.0 Å². The normalized spacial score (nSPS) is 18.8. The van der Waals surface area contributed by atoms with Gasteiger partial charge < -0.3 is 10.1 Å². The number of aromatic nitrogens is 2. The van der Waals surface area contributed by atoms with Gasteiger partial charge in [-0.2, -0.15) is 0 Å². The number of ether oxygens (including phenoxy) is 1. The van der Waals surface area contributed by atoms with Crippen LogP contribution in [0.2, 0.25) is 5.28 Å². The number of rotatable bonds is 5. The lowest BCUT2D eigenvalue weighted by Gasteiger charge is -2.10. The van der Waals surface area contributed by atoms with E-state index >= 15 is 0 Å². The van der Waals surface area contributed by atoms with Crippen molar-refractivity contribution in [2.24, 2.45) is 5.92 Å². The molecule has 1 unspecified atom stereocenters. The molecule has 1 aliphatic rings. The number of hydrogen-bond acceptors (Lipinski definition) is 5. The van der Waals surface area contributed by atoms with Gasteiger partial charge in [-0.1, -0.05) is 6.92 Å². The van der Waals surface area contributed by atoms with Gasteiger partial charge in [0.1, 0.15) is 10.6 Å². The zero-order valence-corrected chi connectivity index (χ0v) is 13.1. The first-order chi connectivity index (χ1) is 9.76. The minimum absolute atomic E-state index is 0.314. The van der Waals surface area contributed by atoms with E-state index in [-0.39, 0.29) is 0 Å². The minimum atomic E-state index is 0.314. The standard InChI is InChI=1S/C14H18ClN3OS/c1-2-10-7-11-12(17-14(15)18-13(11)20-10)16-5-3-9-4-6-19-8-9/h7,9H,2-6,8H2,1H3,(H,16,17,18). The van der Waals surface area contributed by atoms with Gasteiger partial charge in [0, 0.05) is 24.6 Å². The lowest BCUT2D eigenvalue weighted by molar-refractivity contribution is 0.185. The highest BCUT2D eigenvalue weighted by atomic mass is 35.5. The van der Waals surface area contributed by atoms with Crippen molar-refractivity contribution in [3.8, 4) is 0 Å². The van der Waals surface area contributed by atoms with Crippen molar-refractivity contribution in [3.05, 3.63) is 16.2 Å². The van der Waals surface area contributed by atoms with Crippen LogP contribution in [0.5, 0.6) is 0 Å². The van der Waals surface area contributed by atoms with E-state index in [4.69, 9.17) is 16.3 Å². The third-order valence-corrected chi connectivity index (χ3v) is 4.98. The zero-order chi connectivity index (χ0) is 13.9. The van der Waals surface area contributed by atoms with E-state index in [1.807, 2.05) is 0 Å². The SMILES string of the molecule is CCc1cc2c(NCCC3CCOC3)nc(Cl)nc2s1. The predicted octanol–water partition coefficient (Wildman–Crippen LogP) is 3.75. The van der Waals surface area contributed by atoms with E-state index in [2.05, 4.69) is 28.3 Å². The molecule has 0 amide bonds. The van der Waals surface area contributed by atoms with Gasteiger partial charge in [0.25, 0.3) is 0 Å². The van der Waals surface area contributed by atoms with Crippen molar-refractivity contribution in [3.63, 3.8) is 0 Å². The molecule has 0 saturated carbocycles. The summed E-state index contributed by atoms with van der Waals surface area (Å²) in [5.74, 6) is 1.53. The molecule has 108 valence electrons. The van der Waals surface area contributed by atoms with Crippen molar-refractivity contribution in [1.82, 2.24) is 9.97 Å². The van der Waals surface area contributed by atoms with Crippen molar-refractivity contribution in [2.75, 3.05) is 25.1 Å². The summed E-state index contributed by atoms with van der Waals surface area (Å²) in [6.07, 6.45) is 3.28. The first-order valence-corrected chi connectivity index (χ1v) is 8.23. The Kier molecular flexibility index (Phi) is 4.38. The number of halogens is 1. The third-order valence-electron chi connectivity index (χ3n) is 3.63. The number of hydrogen-bond donors (Lipinski definition) is 1. The summed E-state index contributed by atoms with van der Waals surface area (Å²) in [6, 6.07) is 2.16. The van der Waals surface area contributed by atoms with Crippen LogP contribution in [0.1, 0.15) is 24.6 Å². The molecule has 0 aromatic carbocycles. The van der Waals surface area contributed by atoms with Gasteiger partial charge in [-0.3, -0.25) is 0 Å². The Balaban J connectivity index is 1.73. The summed E-state index contributed by atoms with van der Waals surface area (Å²) >= 11 is 7.70. The van der Waals surface area contributed by atoms with Gasteiger partial charge in [0.2, 0.25) is 5.28 Å². The molecule has 0 radical (unpaired) electrons. The number of nitrogens with zero attached hydrogens (tertiary/aromatic N) is 2. The smallest absolute Gasteiger partial charge is 0.225 e. The monoisotopic (exact) mass is 311 g/mol. The largest absolute Gasteiger partial charge is 0.381 e. The molecule has 1 N–H and O–H groups in total. The van der Waals surface area contributed by atoms with E-state index in [1.165, 1.54) is 11.3 Å². The van der Waals surface area contributed by atoms with Crippen LogP contribution < -0.4 is 5.32 Å². The first-order valence-electron chi connectivity index (χ1n) is 7.04. The van der Waals surface area contributed by atoms with E-state index in [9.17, 15) is 0 Å². The highest BCUT2D eigenvalue weighted by molar-refractivity contribution is 7.18. The molecule has 1 aliphatic heterocycles. The Bertz CT molecular complexity index is 595. The van der Waals surface area contributed by atoms with Crippen LogP contribution in [0.4, 0.5) is 5.82 Å². The maximum Gasteiger partial charge on any atom is 0.225 e. The molecule has 6 heteroatoms. The molecular weight excluding hydrogens is 294 g/mol. The van der Waals surface area contributed by atoms with Gasteiger partial charge in [-0.15, -0.1) is 11.3 Å². The van der Waals surface area contributed by atoms with E-state index < -0.39 is 0 Å². The minimum Gasteiger partial charge on any atom is -0.381 e. The molecule has 1 saturated heterocycles. The average molecular weight is 312 g/mol. The van der Waals surface area contributed by atoms with E-state index in [0.717, 1.165) is 48.6 Å². The van der Waals surface area contributed by atoms with Crippen LogP contribution in [0.25, 0.3) is 10.2 Å². The second-order valence-electron chi connectivity index (χ2n) is 5.07. The van der Waals surface area contributed by atoms with Crippen LogP contribution in [0.15, 0.2) is 6.07 Å². The van der Waals surface area contributed by atoms with E-state index in [1.54, 1.807) is 11.3 Å². The number of thiophene rings is 1. The molecule has 0 bridgehead atoms. The Hall–Kier alpha value is -0.910. The fourth-order valence-corrected chi connectivity index (χ4v) is 3.65. The first kappa shape index (κ1) is 14.0. The summed E-state index contributed by atoms with van der Waals surface area (Å²) in [5.41, 5.74) is 0. The van der Waals surface area contributed by atoms with Crippen LogP contribution in [0, 0.1) is 5.92 Å². The third kappa shape index (κ3) is 3.05. The maximum atomic E-state index is 6.01. The lowest BCUT2D eigenvalue weighted by atomic mass is 10.1. The summed E-state index contributed by atoms with van der Waals surface area (Å²) in [6.45, 7) is 4.83. The molecule has 0 spiro atoms. The molecule has 3 heterocycles. The van der Waals surface area contributed by atoms with Gasteiger partial charge in [-0.05, 0) is 42.8 Å². The molecule has 20 heavy (non-hydrogen) atoms. The Morgan fingerprint density at radius 2 is 2.40 bits per heavy atom. The Morgan fingerprint density at radius 1 is 1.50 bits per heavy atom.